The number of nitrogens with one attached hydrogen (secondary N) is 1. The lowest BCUT2D eigenvalue weighted by molar-refractivity contribution is -0.120. The van der Waals surface area contributed by atoms with Gasteiger partial charge in [-0.2, -0.15) is 0 Å². The number of benzene rings is 2. The van der Waals surface area contributed by atoms with Crippen LogP contribution in [0.3, 0.4) is 0 Å². The SMILES string of the molecule is CCN1C2=C(C(=O)CC(C)(C)C2)C(c2ccc(OCC(=O)Nc3cc(C)ccc3C)c(Br)c2)C2=C1CC(C)(C)CC2=O. The van der Waals surface area contributed by atoms with Gasteiger partial charge in [0.1, 0.15) is 5.75 Å². The second-order valence-electron chi connectivity index (χ2n) is 13.6. The predicted octanol–water partition coefficient (Wildman–Crippen LogP) is 7.79. The molecule has 7 heteroatoms. The molecule has 0 bridgehead atoms. The molecule has 0 aromatic heterocycles. The van der Waals surface area contributed by atoms with Crippen molar-refractivity contribution in [2.24, 2.45) is 10.8 Å². The van der Waals surface area contributed by atoms with Gasteiger partial charge in [0.2, 0.25) is 0 Å². The highest BCUT2D eigenvalue weighted by atomic mass is 79.9. The van der Waals surface area contributed by atoms with E-state index >= 15 is 0 Å². The van der Waals surface area contributed by atoms with Gasteiger partial charge in [-0.15, -0.1) is 0 Å². The zero-order chi connectivity index (χ0) is 30.6. The van der Waals surface area contributed by atoms with Crippen LogP contribution in [0.25, 0.3) is 0 Å². The molecule has 0 atom stereocenters. The van der Waals surface area contributed by atoms with Crippen LogP contribution in [0.4, 0.5) is 5.69 Å². The van der Waals surface area contributed by atoms with Gasteiger partial charge in [-0.1, -0.05) is 45.9 Å². The number of amides is 1. The molecule has 0 spiro atoms. The van der Waals surface area contributed by atoms with Crippen molar-refractivity contribution < 1.29 is 19.1 Å². The Labute approximate surface area is 257 Å². The number of allylic oxidation sites excluding steroid dienone is 4. The van der Waals surface area contributed by atoms with Gasteiger partial charge in [-0.25, -0.2) is 0 Å². The number of ether oxygens (including phenoxy) is 1. The Morgan fingerprint density at radius 2 is 1.52 bits per heavy atom. The molecule has 5 rings (SSSR count). The molecule has 42 heavy (non-hydrogen) atoms. The highest BCUT2D eigenvalue weighted by Crippen LogP contribution is 2.54. The Hall–Kier alpha value is -3.19. The molecule has 1 aliphatic heterocycles. The number of ketones is 2. The number of halogens is 1. The number of carbonyl (C=O) groups excluding carboxylic acids is 3. The molecule has 1 heterocycles. The molecule has 6 nitrogen and oxygen atoms in total. The predicted molar refractivity (Wildman–Crippen MR) is 169 cm³/mol. The summed E-state index contributed by atoms with van der Waals surface area (Å²) in [5.74, 6) is 0.100. The molecule has 2 aromatic carbocycles. The van der Waals surface area contributed by atoms with Gasteiger partial charge in [0.15, 0.2) is 18.2 Å². The Kier molecular flexibility index (Phi) is 8.03. The number of anilines is 1. The lowest BCUT2D eigenvalue weighted by Crippen LogP contribution is -2.44. The first-order valence-corrected chi connectivity index (χ1v) is 15.6. The fraction of sp³-hybridized carbons (Fsp3) is 0.457. The summed E-state index contributed by atoms with van der Waals surface area (Å²) in [6, 6.07) is 11.6. The standard InChI is InChI=1S/C35H41BrN2O4/c1-8-38-25-15-34(4,5)17-27(39)32(25)31(33-26(38)16-35(6,7)18-28(33)40)22-11-12-29(23(36)14-22)42-19-30(41)37-24-13-20(2)9-10-21(24)3/h9-14,31H,8,15-19H2,1-7H3,(H,37,41). The number of aryl methyl sites for hydroxylation is 2. The van der Waals surface area contributed by atoms with Crippen molar-refractivity contribution in [3.05, 3.63) is 80.1 Å². The molecule has 1 N–H and O–H groups in total. The van der Waals surface area contributed by atoms with E-state index in [0.29, 0.717) is 23.1 Å². The van der Waals surface area contributed by atoms with E-state index in [9.17, 15) is 14.4 Å². The molecule has 2 aromatic rings. The minimum atomic E-state index is -0.414. The van der Waals surface area contributed by atoms with Crippen molar-refractivity contribution in [3.63, 3.8) is 0 Å². The van der Waals surface area contributed by atoms with Gasteiger partial charge in [0, 0.05) is 53.5 Å². The summed E-state index contributed by atoms with van der Waals surface area (Å²) in [7, 11) is 0. The highest BCUT2D eigenvalue weighted by molar-refractivity contribution is 9.10. The second kappa shape index (κ2) is 11.1. The van der Waals surface area contributed by atoms with E-state index in [4.69, 9.17) is 4.74 Å². The van der Waals surface area contributed by atoms with E-state index in [0.717, 1.165) is 64.3 Å². The first-order valence-electron chi connectivity index (χ1n) is 14.8. The van der Waals surface area contributed by atoms with E-state index in [-0.39, 0.29) is 34.9 Å². The Morgan fingerprint density at radius 3 is 2.07 bits per heavy atom. The van der Waals surface area contributed by atoms with Crippen LogP contribution < -0.4 is 10.1 Å². The Morgan fingerprint density at radius 1 is 0.929 bits per heavy atom. The van der Waals surface area contributed by atoms with Crippen LogP contribution >= 0.6 is 15.9 Å². The lowest BCUT2D eigenvalue weighted by atomic mass is 9.63. The molecular formula is C35H41BrN2O4. The van der Waals surface area contributed by atoms with Crippen LogP contribution in [0, 0.1) is 24.7 Å². The number of hydrogen-bond acceptors (Lipinski definition) is 5. The van der Waals surface area contributed by atoms with Crippen molar-refractivity contribution in [1.82, 2.24) is 4.90 Å². The quantitative estimate of drug-likeness (QED) is 0.352. The zero-order valence-corrected chi connectivity index (χ0v) is 27.3. The smallest absolute Gasteiger partial charge is 0.262 e. The normalized spacial score (nSPS) is 20.0. The maximum atomic E-state index is 13.8. The number of carbonyl (C=O) groups is 3. The maximum Gasteiger partial charge on any atom is 0.262 e. The largest absolute Gasteiger partial charge is 0.483 e. The summed E-state index contributed by atoms with van der Waals surface area (Å²) in [5.41, 5.74) is 7.06. The second-order valence-corrected chi connectivity index (χ2v) is 14.5. The van der Waals surface area contributed by atoms with Crippen LogP contribution in [-0.4, -0.2) is 35.5 Å². The monoisotopic (exact) mass is 632 g/mol. The summed E-state index contributed by atoms with van der Waals surface area (Å²) >= 11 is 3.65. The fourth-order valence-corrected chi connectivity index (χ4v) is 7.29. The number of hydrogen-bond donors (Lipinski definition) is 1. The molecular weight excluding hydrogens is 592 g/mol. The van der Waals surface area contributed by atoms with Gasteiger partial charge in [-0.05, 0) is 95.3 Å². The lowest BCUT2D eigenvalue weighted by Gasteiger charge is -2.48. The number of rotatable bonds is 6. The van der Waals surface area contributed by atoms with Gasteiger partial charge in [-0.3, -0.25) is 14.4 Å². The summed E-state index contributed by atoms with van der Waals surface area (Å²) in [6.07, 6.45) is 2.50. The third-order valence-electron chi connectivity index (χ3n) is 8.65. The van der Waals surface area contributed by atoms with Crippen LogP contribution in [0.5, 0.6) is 5.75 Å². The van der Waals surface area contributed by atoms with Crippen molar-refractivity contribution in [3.8, 4) is 5.75 Å². The molecule has 1 amide bonds. The summed E-state index contributed by atoms with van der Waals surface area (Å²) in [4.78, 5) is 42.6. The molecule has 0 saturated carbocycles. The third kappa shape index (κ3) is 5.85. The molecule has 222 valence electrons. The van der Waals surface area contributed by atoms with Crippen molar-refractivity contribution in [1.29, 1.82) is 0 Å². The highest BCUT2D eigenvalue weighted by Gasteiger charge is 2.48. The first kappa shape index (κ1) is 30.3. The van der Waals surface area contributed by atoms with Gasteiger partial charge < -0.3 is 15.0 Å². The average molecular weight is 634 g/mol. The minimum Gasteiger partial charge on any atom is -0.483 e. The molecule has 3 aliphatic rings. The molecule has 2 aliphatic carbocycles. The molecule has 0 radical (unpaired) electrons. The fourth-order valence-electron chi connectivity index (χ4n) is 6.78. The number of Topliss-reactive ketones (excluding diaryl/α,β-unsaturated/α-hetero) is 2. The van der Waals surface area contributed by atoms with E-state index in [2.05, 4.69) is 60.8 Å². The minimum absolute atomic E-state index is 0.119. The van der Waals surface area contributed by atoms with E-state index in [1.54, 1.807) is 0 Å². The topological polar surface area (TPSA) is 75.7 Å². The van der Waals surface area contributed by atoms with Crippen LogP contribution in [0.15, 0.2) is 63.4 Å². The summed E-state index contributed by atoms with van der Waals surface area (Å²) < 4.78 is 6.58. The van der Waals surface area contributed by atoms with Crippen LogP contribution in [0.1, 0.15) is 82.9 Å². The van der Waals surface area contributed by atoms with E-state index in [1.807, 2.05) is 50.2 Å². The third-order valence-corrected chi connectivity index (χ3v) is 9.27. The molecule has 0 fully saturated rings. The van der Waals surface area contributed by atoms with Crippen LogP contribution in [0.2, 0.25) is 0 Å². The zero-order valence-electron chi connectivity index (χ0n) is 25.7. The van der Waals surface area contributed by atoms with Crippen molar-refractivity contribution in [2.75, 3.05) is 18.5 Å². The van der Waals surface area contributed by atoms with Gasteiger partial charge >= 0.3 is 0 Å². The van der Waals surface area contributed by atoms with Crippen molar-refractivity contribution in [2.45, 2.75) is 80.1 Å². The van der Waals surface area contributed by atoms with E-state index in [1.165, 1.54) is 0 Å². The van der Waals surface area contributed by atoms with Crippen LogP contribution in [-0.2, 0) is 14.4 Å². The number of nitrogens with zero attached hydrogens (tertiary/aromatic N) is 1. The summed E-state index contributed by atoms with van der Waals surface area (Å²) in [5, 5.41) is 2.93. The Balaban J connectivity index is 1.48. The van der Waals surface area contributed by atoms with Crippen molar-refractivity contribution >= 4 is 39.1 Å². The summed E-state index contributed by atoms with van der Waals surface area (Å²) in [6.45, 7) is 15.2. The van der Waals surface area contributed by atoms with Gasteiger partial charge in [0.25, 0.3) is 5.91 Å². The molecule has 0 unspecified atom stereocenters. The maximum absolute atomic E-state index is 13.8. The Bertz CT molecular complexity index is 1490. The first-order chi connectivity index (χ1) is 19.7. The van der Waals surface area contributed by atoms with E-state index < -0.39 is 5.92 Å². The van der Waals surface area contributed by atoms with Gasteiger partial charge in [0.05, 0.1) is 4.47 Å². The average Bonchev–Trinajstić information content (AvgIpc) is 2.87. The molecule has 0 saturated heterocycles.